The molecule has 21 heavy (non-hydrogen) atoms. The van der Waals surface area contributed by atoms with Gasteiger partial charge in [0.2, 0.25) is 0 Å². The molecule has 0 aliphatic carbocycles. The summed E-state index contributed by atoms with van der Waals surface area (Å²) in [7, 11) is 0. The van der Waals surface area contributed by atoms with Crippen LogP contribution in [0.2, 0.25) is 0 Å². The number of nitrogens with two attached hydrogens (primary N) is 1. The van der Waals surface area contributed by atoms with E-state index in [1.807, 2.05) is 11.3 Å². The summed E-state index contributed by atoms with van der Waals surface area (Å²) in [6.45, 7) is 1.45. The fourth-order valence-electron chi connectivity index (χ4n) is 2.95. The third-order valence-electron chi connectivity index (χ3n) is 4.00. The number of hydrogen-bond acceptors (Lipinski definition) is 2. The molecule has 2 N–H and O–H groups in total. The molecule has 2 aromatic heterocycles. The Balaban J connectivity index is 1.87. The van der Waals surface area contributed by atoms with Gasteiger partial charge in [-0.1, -0.05) is 36.4 Å². The van der Waals surface area contributed by atoms with E-state index < -0.39 is 0 Å². The minimum atomic E-state index is 0.566. The molecule has 0 aliphatic heterocycles. The molecule has 0 atom stereocenters. The van der Waals surface area contributed by atoms with Crippen LogP contribution in [0.4, 0.5) is 0 Å². The van der Waals surface area contributed by atoms with Gasteiger partial charge in [0.15, 0.2) is 0 Å². The molecule has 0 saturated heterocycles. The van der Waals surface area contributed by atoms with Gasteiger partial charge < -0.3 is 10.3 Å². The second-order valence-corrected chi connectivity index (χ2v) is 6.15. The first-order chi connectivity index (χ1) is 10.4. The maximum atomic E-state index is 5.94. The molecule has 0 radical (unpaired) electrons. The summed E-state index contributed by atoms with van der Waals surface area (Å²) in [6, 6.07) is 19.3. The lowest BCUT2D eigenvalue weighted by atomic mass is 10.2. The van der Waals surface area contributed by atoms with E-state index in [2.05, 4.69) is 64.5 Å². The number of benzene rings is 2. The second kappa shape index (κ2) is 5.02. The standard InChI is InChI=1S/C18H16N2S/c19-10-15-9-13-5-1-3-7-17(13)20(15)11-14-12-21-18-8-4-2-6-16(14)18/h1-9,12H,10-11,19H2. The summed E-state index contributed by atoms with van der Waals surface area (Å²) in [6.07, 6.45) is 0. The molecule has 4 aromatic rings. The van der Waals surface area contributed by atoms with Crippen LogP contribution < -0.4 is 5.73 Å². The number of nitrogens with zero attached hydrogens (tertiary/aromatic N) is 1. The predicted octanol–water partition coefficient (Wildman–Crippen LogP) is 4.36. The molecule has 2 aromatic carbocycles. The van der Waals surface area contributed by atoms with Crippen LogP contribution in [-0.4, -0.2) is 4.57 Å². The molecule has 3 heteroatoms. The van der Waals surface area contributed by atoms with Crippen molar-refractivity contribution in [2.75, 3.05) is 0 Å². The van der Waals surface area contributed by atoms with Crippen molar-refractivity contribution < 1.29 is 0 Å². The first-order valence-corrected chi connectivity index (χ1v) is 7.97. The Hall–Kier alpha value is -2.10. The number of rotatable bonds is 3. The fraction of sp³-hybridized carbons (Fsp3) is 0.111. The van der Waals surface area contributed by atoms with Crippen LogP contribution in [0.5, 0.6) is 0 Å². The maximum Gasteiger partial charge on any atom is 0.0493 e. The van der Waals surface area contributed by atoms with Crippen LogP contribution in [-0.2, 0) is 13.1 Å². The van der Waals surface area contributed by atoms with Gasteiger partial charge >= 0.3 is 0 Å². The quantitative estimate of drug-likeness (QED) is 0.597. The molecule has 0 amide bonds. The van der Waals surface area contributed by atoms with E-state index in [0.717, 1.165) is 6.54 Å². The Bertz CT molecular complexity index is 917. The monoisotopic (exact) mass is 292 g/mol. The van der Waals surface area contributed by atoms with Crippen molar-refractivity contribution in [1.29, 1.82) is 0 Å². The highest BCUT2D eigenvalue weighted by Crippen LogP contribution is 2.28. The molecule has 2 nitrogen and oxygen atoms in total. The molecule has 0 bridgehead atoms. The van der Waals surface area contributed by atoms with Crippen LogP contribution in [0, 0.1) is 0 Å². The normalized spacial score (nSPS) is 11.5. The fourth-order valence-corrected chi connectivity index (χ4v) is 3.90. The van der Waals surface area contributed by atoms with Crippen molar-refractivity contribution in [3.63, 3.8) is 0 Å². The molecule has 0 aliphatic rings. The highest BCUT2D eigenvalue weighted by Gasteiger charge is 2.10. The Morgan fingerprint density at radius 3 is 2.71 bits per heavy atom. The van der Waals surface area contributed by atoms with Crippen LogP contribution in [0.3, 0.4) is 0 Å². The summed E-state index contributed by atoms with van der Waals surface area (Å²) in [4.78, 5) is 0. The van der Waals surface area contributed by atoms with Crippen molar-refractivity contribution in [3.05, 3.63) is 71.2 Å². The Kier molecular flexibility index (Phi) is 3.02. The van der Waals surface area contributed by atoms with Gasteiger partial charge in [-0.3, -0.25) is 0 Å². The van der Waals surface area contributed by atoms with Crippen molar-refractivity contribution in [3.8, 4) is 0 Å². The van der Waals surface area contributed by atoms with Crippen molar-refractivity contribution in [1.82, 2.24) is 4.57 Å². The summed E-state index contributed by atoms with van der Waals surface area (Å²) in [5.41, 5.74) is 9.75. The maximum absolute atomic E-state index is 5.94. The first kappa shape index (κ1) is 12.6. The zero-order valence-electron chi connectivity index (χ0n) is 11.6. The lowest BCUT2D eigenvalue weighted by Gasteiger charge is -2.09. The van der Waals surface area contributed by atoms with Gasteiger partial charge in [0.25, 0.3) is 0 Å². The molecule has 0 saturated carbocycles. The Labute approximate surface area is 127 Å². The zero-order valence-corrected chi connectivity index (χ0v) is 12.4. The van der Waals surface area contributed by atoms with Crippen LogP contribution in [0.15, 0.2) is 60.0 Å². The van der Waals surface area contributed by atoms with Crippen molar-refractivity contribution in [2.45, 2.75) is 13.1 Å². The van der Waals surface area contributed by atoms with Gasteiger partial charge in [-0.05, 0) is 39.9 Å². The highest BCUT2D eigenvalue weighted by molar-refractivity contribution is 7.17. The van der Waals surface area contributed by atoms with E-state index in [1.54, 1.807) is 0 Å². The number of thiophene rings is 1. The van der Waals surface area contributed by atoms with E-state index in [0.29, 0.717) is 6.54 Å². The molecule has 0 spiro atoms. The van der Waals surface area contributed by atoms with Crippen LogP contribution in [0.25, 0.3) is 21.0 Å². The summed E-state index contributed by atoms with van der Waals surface area (Å²) < 4.78 is 3.68. The van der Waals surface area contributed by atoms with E-state index in [4.69, 9.17) is 5.73 Å². The van der Waals surface area contributed by atoms with Gasteiger partial charge in [-0.15, -0.1) is 11.3 Å². The van der Waals surface area contributed by atoms with Crippen LogP contribution in [0.1, 0.15) is 11.3 Å². The Morgan fingerprint density at radius 1 is 1.00 bits per heavy atom. The number of para-hydroxylation sites is 1. The Morgan fingerprint density at radius 2 is 1.81 bits per heavy atom. The third-order valence-corrected chi connectivity index (χ3v) is 5.01. The van der Waals surface area contributed by atoms with Gasteiger partial charge in [-0.2, -0.15) is 0 Å². The molecular weight excluding hydrogens is 276 g/mol. The molecule has 0 fully saturated rings. The van der Waals surface area contributed by atoms with E-state index in [9.17, 15) is 0 Å². The van der Waals surface area contributed by atoms with Gasteiger partial charge in [0, 0.05) is 29.0 Å². The topological polar surface area (TPSA) is 30.9 Å². The largest absolute Gasteiger partial charge is 0.339 e. The minimum Gasteiger partial charge on any atom is -0.339 e. The summed E-state index contributed by atoms with van der Waals surface area (Å²) >= 11 is 1.81. The SMILES string of the molecule is NCc1cc2ccccc2n1Cc1csc2ccccc12. The van der Waals surface area contributed by atoms with Gasteiger partial charge in [0.05, 0.1) is 0 Å². The second-order valence-electron chi connectivity index (χ2n) is 5.24. The van der Waals surface area contributed by atoms with Crippen molar-refractivity contribution in [2.24, 2.45) is 5.73 Å². The number of hydrogen-bond donors (Lipinski definition) is 1. The lowest BCUT2D eigenvalue weighted by molar-refractivity contribution is 0.773. The average molecular weight is 292 g/mol. The lowest BCUT2D eigenvalue weighted by Crippen LogP contribution is -2.07. The van der Waals surface area contributed by atoms with Gasteiger partial charge in [-0.25, -0.2) is 0 Å². The molecule has 0 unspecified atom stereocenters. The summed E-state index contributed by atoms with van der Waals surface area (Å²) in [5, 5.41) is 4.88. The first-order valence-electron chi connectivity index (χ1n) is 7.09. The van der Waals surface area contributed by atoms with E-state index >= 15 is 0 Å². The average Bonchev–Trinajstić information content (AvgIpc) is 3.10. The molecular formula is C18H16N2S. The highest BCUT2D eigenvalue weighted by atomic mass is 32.1. The number of aromatic nitrogens is 1. The van der Waals surface area contributed by atoms with E-state index in [1.165, 1.54) is 32.2 Å². The zero-order chi connectivity index (χ0) is 14.2. The smallest absolute Gasteiger partial charge is 0.0493 e. The van der Waals surface area contributed by atoms with Gasteiger partial charge in [0.1, 0.15) is 0 Å². The van der Waals surface area contributed by atoms with E-state index in [-0.39, 0.29) is 0 Å². The molecule has 104 valence electrons. The molecule has 4 rings (SSSR count). The van der Waals surface area contributed by atoms with Crippen LogP contribution >= 0.6 is 11.3 Å². The van der Waals surface area contributed by atoms with Crippen molar-refractivity contribution >= 4 is 32.3 Å². The summed E-state index contributed by atoms with van der Waals surface area (Å²) in [5.74, 6) is 0. The molecule has 2 heterocycles. The third kappa shape index (κ3) is 2.06. The predicted molar refractivity (Wildman–Crippen MR) is 90.8 cm³/mol. The minimum absolute atomic E-state index is 0.566. The number of fused-ring (bicyclic) bond motifs is 2.